The molecule has 106 valence electrons. The van der Waals surface area contributed by atoms with Gasteiger partial charge in [0.1, 0.15) is 0 Å². The molecule has 1 rings (SSSR count). The summed E-state index contributed by atoms with van der Waals surface area (Å²) in [6, 6.07) is 0. The Morgan fingerprint density at radius 1 is 1.22 bits per heavy atom. The molecule has 1 saturated carbocycles. The SMILES string of the molecule is CCCS(=O)(=O)CCNC1(C(N)=O)CCCCC1. The molecule has 0 saturated heterocycles. The highest BCUT2D eigenvalue weighted by molar-refractivity contribution is 7.91. The van der Waals surface area contributed by atoms with Crippen molar-refractivity contribution in [2.24, 2.45) is 5.73 Å². The van der Waals surface area contributed by atoms with E-state index in [1.54, 1.807) is 0 Å². The summed E-state index contributed by atoms with van der Waals surface area (Å²) in [5.74, 6) is -0.0659. The van der Waals surface area contributed by atoms with Crippen molar-refractivity contribution >= 4 is 15.7 Å². The number of hydrogen-bond acceptors (Lipinski definition) is 4. The van der Waals surface area contributed by atoms with E-state index in [0.29, 0.717) is 13.0 Å². The average molecular weight is 276 g/mol. The third kappa shape index (κ3) is 4.24. The molecule has 0 heterocycles. The number of nitrogens with two attached hydrogens (primary N) is 1. The topological polar surface area (TPSA) is 89.3 Å². The highest BCUT2D eigenvalue weighted by Crippen LogP contribution is 2.27. The molecule has 3 N–H and O–H groups in total. The second-order valence-corrected chi connectivity index (χ2v) is 7.39. The van der Waals surface area contributed by atoms with Crippen LogP contribution in [0.25, 0.3) is 0 Å². The normalized spacial score (nSPS) is 19.6. The van der Waals surface area contributed by atoms with Crippen molar-refractivity contribution in [3.63, 3.8) is 0 Å². The molecule has 0 aliphatic heterocycles. The lowest BCUT2D eigenvalue weighted by molar-refractivity contribution is -0.125. The van der Waals surface area contributed by atoms with Crippen molar-refractivity contribution in [3.8, 4) is 0 Å². The lowest BCUT2D eigenvalue weighted by Crippen LogP contribution is -2.57. The first kappa shape index (κ1) is 15.4. The quantitative estimate of drug-likeness (QED) is 0.712. The van der Waals surface area contributed by atoms with Crippen LogP contribution in [-0.4, -0.2) is 37.9 Å². The predicted octanol–water partition coefficient (Wildman–Crippen LogP) is 0.589. The molecule has 1 aliphatic carbocycles. The number of primary amides is 1. The number of carbonyl (C=O) groups excluding carboxylic acids is 1. The molecule has 1 aliphatic rings. The number of nitrogens with one attached hydrogen (secondary N) is 1. The lowest BCUT2D eigenvalue weighted by Gasteiger charge is -2.35. The van der Waals surface area contributed by atoms with Gasteiger partial charge in [-0.05, 0) is 19.3 Å². The van der Waals surface area contributed by atoms with Crippen LogP contribution >= 0.6 is 0 Å². The van der Waals surface area contributed by atoms with Gasteiger partial charge in [0.25, 0.3) is 0 Å². The van der Waals surface area contributed by atoms with Gasteiger partial charge in [-0.3, -0.25) is 4.79 Å². The maximum atomic E-state index is 11.6. The Morgan fingerprint density at radius 2 is 1.83 bits per heavy atom. The first-order valence-corrected chi connectivity index (χ1v) is 8.49. The number of hydrogen-bond donors (Lipinski definition) is 2. The van der Waals surface area contributed by atoms with Gasteiger partial charge < -0.3 is 11.1 Å². The van der Waals surface area contributed by atoms with E-state index < -0.39 is 15.4 Å². The van der Waals surface area contributed by atoms with E-state index in [0.717, 1.165) is 32.1 Å². The summed E-state index contributed by atoms with van der Waals surface area (Å²) in [6.45, 7) is 2.16. The van der Waals surface area contributed by atoms with E-state index in [1.807, 2.05) is 6.92 Å². The maximum absolute atomic E-state index is 11.6. The van der Waals surface area contributed by atoms with E-state index >= 15 is 0 Å². The minimum atomic E-state index is -3.00. The van der Waals surface area contributed by atoms with E-state index in [-0.39, 0.29) is 17.4 Å². The van der Waals surface area contributed by atoms with Gasteiger partial charge in [0, 0.05) is 12.3 Å². The molecule has 18 heavy (non-hydrogen) atoms. The van der Waals surface area contributed by atoms with E-state index in [9.17, 15) is 13.2 Å². The molecule has 0 spiro atoms. The number of rotatable bonds is 7. The molecule has 0 aromatic heterocycles. The Labute approximate surface area is 109 Å². The van der Waals surface area contributed by atoms with Crippen LogP contribution in [0.4, 0.5) is 0 Å². The van der Waals surface area contributed by atoms with Crippen molar-refractivity contribution in [2.75, 3.05) is 18.1 Å². The first-order chi connectivity index (χ1) is 8.42. The number of carbonyl (C=O) groups is 1. The highest BCUT2D eigenvalue weighted by Gasteiger charge is 2.37. The number of sulfone groups is 1. The van der Waals surface area contributed by atoms with Gasteiger partial charge in [-0.25, -0.2) is 8.42 Å². The zero-order valence-corrected chi connectivity index (χ0v) is 11.9. The molecular formula is C12H24N2O3S. The van der Waals surface area contributed by atoms with Gasteiger partial charge in [0.15, 0.2) is 9.84 Å². The molecule has 0 unspecified atom stereocenters. The lowest BCUT2D eigenvalue weighted by atomic mass is 9.81. The van der Waals surface area contributed by atoms with Crippen LogP contribution in [0.3, 0.4) is 0 Å². The molecule has 1 amide bonds. The zero-order chi connectivity index (χ0) is 13.6. The third-order valence-electron chi connectivity index (χ3n) is 3.57. The second kappa shape index (κ2) is 6.52. The minimum Gasteiger partial charge on any atom is -0.368 e. The van der Waals surface area contributed by atoms with Gasteiger partial charge in [-0.1, -0.05) is 26.2 Å². The van der Waals surface area contributed by atoms with Crippen molar-refractivity contribution in [3.05, 3.63) is 0 Å². The average Bonchev–Trinajstić information content (AvgIpc) is 2.29. The van der Waals surface area contributed by atoms with Crippen molar-refractivity contribution in [1.29, 1.82) is 0 Å². The highest BCUT2D eigenvalue weighted by atomic mass is 32.2. The molecule has 6 heteroatoms. The molecule has 0 aromatic rings. The fourth-order valence-electron chi connectivity index (χ4n) is 2.52. The second-order valence-electron chi connectivity index (χ2n) is 5.09. The van der Waals surface area contributed by atoms with Crippen molar-refractivity contribution in [1.82, 2.24) is 5.32 Å². The molecular weight excluding hydrogens is 252 g/mol. The van der Waals surface area contributed by atoms with E-state index in [2.05, 4.69) is 5.32 Å². The summed E-state index contributed by atoms with van der Waals surface area (Å²) in [7, 11) is -3.00. The van der Waals surface area contributed by atoms with Gasteiger partial charge in [0.05, 0.1) is 11.3 Å². The fourth-order valence-corrected chi connectivity index (χ4v) is 3.76. The fraction of sp³-hybridized carbons (Fsp3) is 0.917. The van der Waals surface area contributed by atoms with E-state index in [4.69, 9.17) is 5.73 Å². The van der Waals surface area contributed by atoms with Crippen molar-refractivity contribution in [2.45, 2.75) is 51.0 Å². The molecule has 5 nitrogen and oxygen atoms in total. The molecule has 1 fully saturated rings. The predicted molar refractivity (Wildman–Crippen MR) is 72.0 cm³/mol. The van der Waals surface area contributed by atoms with Crippen LogP contribution in [0.1, 0.15) is 45.4 Å². The van der Waals surface area contributed by atoms with Gasteiger partial charge in [0.2, 0.25) is 5.91 Å². The summed E-state index contributed by atoms with van der Waals surface area (Å²) in [5.41, 5.74) is 4.78. The summed E-state index contributed by atoms with van der Waals surface area (Å²) < 4.78 is 23.2. The van der Waals surface area contributed by atoms with Crippen LogP contribution in [0.2, 0.25) is 0 Å². The smallest absolute Gasteiger partial charge is 0.237 e. The number of amides is 1. The Bertz CT molecular complexity index is 373. The molecule has 0 bridgehead atoms. The Balaban J connectivity index is 2.51. The van der Waals surface area contributed by atoms with Crippen molar-refractivity contribution < 1.29 is 13.2 Å². The molecule has 0 aromatic carbocycles. The monoisotopic (exact) mass is 276 g/mol. The summed E-state index contributed by atoms with van der Waals surface area (Å²) in [4.78, 5) is 11.6. The van der Waals surface area contributed by atoms with Crippen LogP contribution in [0.15, 0.2) is 0 Å². The summed E-state index contributed by atoms with van der Waals surface area (Å²) in [6.07, 6.45) is 5.12. The standard InChI is InChI=1S/C12H24N2O3S/c1-2-9-18(16,17)10-8-14-12(11(13)15)6-4-3-5-7-12/h14H,2-10H2,1H3,(H2,13,15). The zero-order valence-electron chi connectivity index (χ0n) is 11.1. The Hall–Kier alpha value is -0.620. The largest absolute Gasteiger partial charge is 0.368 e. The van der Waals surface area contributed by atoms with Crippen LogP contribution in [0, 0.1) is 0 Å². The Morgan fingerprint density at radius 3 is 2.33 bits per heavy atom. The van der Waals surface area contributed by atoms with Gasteiger partial charge in [-0.15, -0.1) is 0 Å². The van der Waals surface area contributed by atoms with Gasteiger partial charge in [-0.2, -0.15) is 0 Å². The summed E-state index contributed by atoms with van der Waals surface area (Å²) in [5, 5.41) is 3.10. The van der Waals surface area contributed by atoms with Crippen LogP contribution < -0.4 is 11.1 Å². The summed E-state index contributed by atoms with van der Waals surface area (Å²) >= 11 is 0. The molecule has 0 radical (unpaired) electrons. The third-order valence-corrected chi connectivity index (χ3v) is 5.43. The van der Waals surface area contributed by atoms with Crippen LogP contribution in [-0.2, 0) is 14.6 Å². The Kier molecular flexibility index (Phi) is 5.59. The van der Waals surface area contributed by atoms with E-state index in [1.165, 1.54) is 0 Å². The van der Waals surface area contributed by atoms with Crippen LogP contribution in [0.5, 0.6) is 0 Å². The van der Waals surface area contributed by atoms with Gasteiger partial charge >= 0.3 is 0 Å². The maximum Gasteiger partial charge on any atom is 0.237 e. The molecule has 0 atom stereocenters. The minimum absolute atomic E-state index is 0.0792. The first-order valence-electron chi connectivity index (χ1n) is 6.67.